The van der Waals surface area contributed by atoms with E-state index in [1.807, 2.05) is 84.9 Å². The van der Waals surface area contributed by atoms with E-state index in [9.17, 15) is 9.59 Å². The average molecular weight is 437 g/mol. The van der Waals surface area contributed by atoms with Crippen molar-refractivity contribution < 1.29 is 9.59 Å². The van der Waals surface area contributed by atoms with Crippen molar-refractivity contribution >= 4 is 27.7 Å². The van der Waals surface area contributed by atoms with Gasteiger partial charge in [0.2, 0.25) is 11.8 Å². The van der Waals surface area contributed by atoms with E-state index in [4.69, 9.17) is 0 Å². The van der Waals surface area contributed by atoms with Crippen molar-refractivity contribution in [2.45, 2.75) is 19.0 Å². The van der Waals surface area contributed by atoms with Crippen LogP contribution >= 0.6 is 15.9 Å². The molecule has 3 aromatic rings. The second-order valence-corrected chi connectivity index (χ2v) is 7.36. The zero-order valence-corrected chi connectivity index (χ0v) is 16.9. The zero-order chi connectivity index (χ0) is 19.8. The second kappa shape index (κ2) is 9.85. The van der Waals surface area contributed by atoms with Crippen LogP contribution < -0.4 is 10.6 Å². The summed E-state index contributed by atoms with van der Waals surface area (Å²) in [5, 5.41) is 5.87. The van der Waals surface area contributed by atoms with Crippen molar-refractivity contribution in [2.75, 3.05) is 0 Å². The third-order valence-electron chi connectivity index (χ3n) is 4.21. The molecule has 28 heavy (non-hydrogen) atoms. The van der Waals surface area contributed by atoms with Crippen LogP contribution in [-0.4, -0.2) is 11.8 Å². The van der Waals surface area contributed by atoms with E-state index in [-0.39, 0.29) is 24.7 Å². The lowest BCUT2D eigenvalue weighted by Gasteiger charge is -2.21. The molecule has 0 atom stereocenters. The van der Waals surface area contributed by atoms with E-state index < -0.39 is 6.17 Å². The highest BCUT2D eigenvalue weighted by Gasteiger charge is 2.18. The molecule has 4 nitrogen and oxygen atoms in total. The SMILES string of the molecule is O=C(Cc1ccccc1)NC(NC(=O)Cc1ccccc1)c1cccc(Br)c1. The molecule has 0 unspecified atom stereocenters. The quantitative estimate of drug-likeness (QED) is 0.546. The first-order valence-electron chi connectivity index (χ1n) is 9.02. The summed E-state index contributed by atoms with van der Waals surface area (Å²) in [6.45, 7) is 0. The van der Waals surface area contributed by atoms with Gasteiger partial charge in [0.05, 0.1) is 12.8 Å². The second-order valence-electron chi connectivity index (χ2n) is 6.45. The van der Waals surface area contributed by atoms with Crippen molar-refractivity contribution in [1.82, 2.24) is 10.6 Å². The Kier molecular flexibility index (Phi) is 6.98. The molecule has 0 aromatic heterocycles. The molecule has 3 rings (SSSR count). The van der Waals surface area contributed by atoms with Gasteiger partial charge in [0.15, 0.2) is 0 Å². The van der Waals surface area contributed by atoms with Crippen molar-refractivity contribution in [3.8, 4) is 0 Å². The lowest BCUT2D eigenvalue weighted by molar-refractivity contribution is -0.123. The minimum atomic E-state index is -0.607. The van der Waals surface area contributed by atoms with E-state index in [0.717, 1.165) is 21.2 Å². The molecule has 3 aromatic carbocycles. The Morgan fingerprint density at radius 3 is 1.68 bits per heavy atom. The van der Waals surface area contributed by atoms with Gasteiger partial charge in [-0.05, 0) is 28.8 Å². The number of carbonyl (C=O) groups excluding carboxylic acids is 2. The smallest absolute Gasteiger partial charge is 0.226 e. The first-order chi connectivity index (χ1) is 13.6. The molecule has 0 saturated carbocycles. The van der Waals surface area contributed by atoms with Crippen molar-refractivity contribution in [3.63, 3.8) is 0 Å². The van der Waals surface area contributed by atoms with Gasteiger partial charge in [-0.2, -0.15) is 0 Å². The highest BCUT2D eigenvalue weighted by Crippen LogP contribution is 2.17. The van der Waals surface area contributed by atoms with Gasteiger partial charge in [-0.3, -0.25) is 9.59 Å². The third-order valence-corrected chi connectivity index (χ3v) is 4.70. The molecule has 0 saturated heterocycles. The van der Waals surface area contributed by atoms with Gasteiger partial charge in [0, 0.05) is 4.47 Å². The number of hydrogen-bond acceptors (Lipinski definition) is 2. The summed E-state index contributed by atoms with van der Waals surface area (Å²) < 4.78 is 0.879. The highest BCUT2D eigenvalue weighted by atomic mass is 79.9. The number of carbonyl (C=O) groups is 2. The highest BCUT2D eigenvalue weighted by molar-refractivity contribution is 9.10. The maximum absolute atomic E-state index is 12.5. The topological polar surface area (TPSA) is 58.2 Å². The molecule has 0 aliphatic heterocycles. The summed E-state index contributed by atoms with van der Waals surface area (Å²) >= 11 is 3.45. The molecule has 0 fully saturated rings. The summed E-state index contributed by atoms with van der Waals surface area (Å²) in [7, 11) is 0. The average Bonchev–Trinajstić information content (AvgIpc) is 2.69. The Labute approximate surface area is 173 Å². The first-order valence-corrected chi connectivity index (χ1v) is 9.81. The summed E-state index contributed by atoms with van der Waals surface area (Å²) in [5.74, 6) is -0.313. The molecule has 2 amide bonds. The molecule has 2 N–H and O–H groups in total. The predicted octanol–water partition coefficient (Wildman–Crippen LogP) is 4.17. The van der Waals surface area contributed by atoms with Crippen LogP contribution in [0, 0.1) is 0 Å². The Hall–Kier alpha value is -2.92. The van der Waals surface area contributed by atoms with E-state index in [2.05, 4.69) is 26.6 Å². The number of amides is 2. The Morgan fingerprint density at radius 2 is 1.21 bits per heavy atom. The van der Waals surface area contributed by atoms with Gasteiger partial charge < -0.3 is 10.6 Å². The molecule has 0 aliphatic carbocycles. The number of rotatable bonds is 7. The Balaban J connectivity index is 1.71. The van der Waals surface area contributed by atoms with E-state index in [1.165, 1.54) is 0 Å². The molecule has 0 radical (unpaired) electrons. The van der Waals surface area contributed by atoms with Gasteiger partial charge in [-0.25, -0.2) is 0 Å². The largest absolute Gasteiger partial charge is 0.332 e. The molecule has 0 heterocycles. The fraction of sp³-hybridized carbons (Fsp3) is 0.130. The zero-order valence-electron chi connectivity index (χ0n) is 15.3. The lowest BCUT2D eigenvalue weighted by Crippen LogP contribution is -2.42. The van der Waals surface area contributed by atoms with Gasteiger partial charge in [-0.1, -0.05) is 88.7 Å². The van der Waals surface area contributed by atoms with Gasteiger partial charge >= 0.3 is 0 Å². The number of benzene rings is 3. The standard InChI is InChI=1S/C23H21BrN2O2/c24-20-13-7-12-19(16-20)23(25-21(27)14-17-8-3-1-4-9-17)26-22(28)15-18-10-5-2-6-11-18/h1-13,16,23H,14-15H2,(H,25,27)(H,26,28). The number of halogens is 1. The Morgan fingerprint density at radius 1 is 0.714 bits per heavy atom. The molecular formula is C23H21BrN2O2. The minimum Gasteiger partial charge on any atom is -0.332 e. The van der Waals surface area contributed by atoms with Crippen LogP contribution in [0.25, 0.3) is 0 Å². The number of nitrogens with one attached hydrogen (secondary N) is 2. The maximum Gasteiger partial charge on any atom is 0.226 e. The third kappa shape index (κ3) is 6.06. The summed E-state index contributed by atoms with van der Waals surface area (Å²) in [6.07, 6.45) is -0.107. The molecule has 5 heteroatoms. The van der Waals surface area contributed by atoms with Gasteiger partial charge in [0.25, 0.3) is 0 Å². The fourth-order valence-corrected chi connectivity index (χ4v) is 3.29. The van der Waals surface area contributed by atoms with Crippen molar-refractivity contribution in [3.05, 3.63) is 106 Å². The lowest BCUT2D eigenvalue weighted by atomic mass is 10.1. The summed E-state index contributed by atoms with van der Waals surface area (Å²) in [5.41, 5.74) is 2.64. The monoisotopic (exact) mass is 436 g/mol. The van der Waals surface area contributed by atoms with E-state index in [0.29, 0.717) is 0 Å². The van der Waals surface area contributed by atoms with Crippen LogP contribution in [0.15, 0.2) is 89.4 Å². The van der Waals surface area contributed by atoms with Crippen LogP contribution in [0.4, 0.5) is 0 Å². The van der Waals surface area contributed by atoms with Gasteiger partial charge in [0.1, 0.15) is 6.17 Å². The van der Waals surface area contributed by atoms with Crippen molar-refractivity contribution in [1.29, 1.82) is 0 Å². The van der Waals surface area contributed by atoms with E-state index in [1.54, 1.807) is 0 Å². The fourth-order valence-electron chi connectivity index (χ4n) is 2.88. The van der Waals surface area contributed by atoms with Crippen LogP contribution in [0.1, 0.15) is 22.9 Å². The molecule has 0 bridgehead atoms. The van der Waals surface area contributed by atoms with Crippen LogP contribution in [-0.2, 0) is 22.4 Å². The molecule has 0 spiro atoms. The van der Waals surface area contributed by atoms with Crippen LogP contribution in [0.5, 0.6) is 0 Å². The van der Waals surface area contributed by atoms with E-state index >= 15 is 0 Å². The van der Waals surface area contributed by atoms with Crippen LogP contribution in [0.3, 0.4) is 0 Å². The summed E-state index contributed by atoms with van der Waals surface area (Å²) in [4.78, 5) is 25.1. The maximum atomic E-state index is 12.5. The predicted molar refractivity (Wildman–Crippen MR) is 113 cm³/mol. The Bertz CT molecular complexity index is 874. The first kappa shape index (κ1) is 19.8. The van der Waals surface area contributed by atoms with Gasteiger partial charge in [-0.15, -0.1) is 0 Å². The minimum absolute atomic E-state index is 0.156. The normalized spacial score (nSPS) is 10.5. The van der Waals surface area contributed by atoms with Crippen LogP contribution in [0.2, 0.25) is 0 Å². The summed E-state index contributed by atoms with van der Waals surface area (Å²) in [6, 6.07) is 26.6. The van der Waals surface area contributed by atoms with Crippen molar-refractivity contribution in [2.24, 2.45) is 0 Å². The molecule has 0 aliphatic rings. The molecular weight excluding hydrogens is 416 g/mol. The molecule has 142 valence electrons. The number of hydrogen-bond donors (Lipinski definition) is 2.